The second-order valence-electron chi connectivity index (χ2n) is 5.88. The summed E-state index contributed by atoms with van der Waals surface area (Å²) in [5, 5.41) is 0. The molecule has 2 unspecified atom stereocenters. The second kappa shape index (κ2) is 6.22. The lowest BCUT2D eigenvalue weighted by Crippen LogP contribution is -2.33. The molecule has 1 fully saturated rings. The van der Waals surface area contributed by atoms with Crippen LogP contribution in [0, 0.1) is 0 Å². The molecule has 22 heavy (non-hydrogen) atoms. The molecule has 0 bridgehead atoms. The van der Waals surface area contributed by atoms with Crippen LogP contribution in [0.3, 0.4) is 0 Å². The normalized spacial score (nSPS) is 20.9. The van der Waals surface area contributed by atoms with Crippen LogP contribution in [0.1, 0.15) is 35.2 Å². The maximum Gasteiger partial charge on any atom is 0.254 e. The Kier molecular flexibility index (Phi) is 4.14. The van der Waals surface area contributed by atoms with E-state index in [0.717, 1.165) is 24.3 Å². The van der Waals surface area contributed by atoms with Gasteiger partial charge in [-0.2, -0.15) is 0 Å². The second-order valence-corrected chi connectivity index (χ2v) is 5.88. The Bertz CT molecular complexity index is 636. The summed E-state index contributed by atoms with van der Waals surface area (Å²) in [5.41, 5.74) is 2.04. The molecular weight excluding hydrogens is 274 g/mol. The molecule has 0 spiro atoms. The van der Waals surface area contributed by atoms with Crippen molar-refractivity contribution in [3.8, 4) is 5.75 Å². The maximum atomic E-state index is 12.7. The predicted molar refractivity (Wildman–Crippen MR) is 87.3 cm³/mol. The molecule has 3 nitrogen and oxygen atoms in total. The lowest BCUT2D eigenvalue weighted by atomic mass is 9.97. The molecule has 1 heterocycles. The predicted octanol–water partition coefficient (Wildman–Crippen LogP) is 3.71. The van der Waals surface area contributed by atoms with Crippen LogP contribution in [0.25, 0.3) is 0 Å². The molecule has 2 aromatic rings. The number of benzene rings is 2. The van der Waals surface area contributed by atoms with Crippen molar-refractivity contribution in [1.82, 2.24) is 4.90 Å². The average molecular weight is 295 g/mol. The molecule has 0 aromatic heterocycles. The molecule has 2 atom stereocenters. The summed E-state index contributed by atoms with van der Waals surface area (Å²) in [6.45, 7) is 2.92. The summed E-state index contributed by atoms with van der Waals surface area (Å²) < 4.78 is 5.15. The highest BCUT2D eigenvalue weighted by Crippen LogP contribution is 2.32. The van der Waals surface area contributed by atoms with Crippen LogP contribution in [-0.2, 0) is 0 Å². The maximum absolute atomic E-state index is 12.7. The Balaban J connectivity index is 1.75. The Hall–Kier alpha value is -2.29. The Morgan fingerprint density at radius 2 is 1.77 bits per heavy atom. The number of methoxy groups -OCH3 is 1. The first kappa shape index (κ1) is 14.6. The Labute approximate surface area is 131 Å². The van der Waals surface area contributed by atoms with Crippen LogP contribution < -0.4 is 4.74 Å². The lowest BCUT2D eigenvalue weighted by Gasteiger charge is -2.21. The molecule has 3 heteroatoms. The van der Waals surface area contributed by atoms with Gasteiger partial charge in [0.15, 0.2) is 0 Å². The Morgan fingerprint density at radius 3 is 2.41 bits per heavy atom. The average Bonchev–Trinajstić information content (AvgIpc) is 2.97. The van der Waals surface area contributed by atoms with Crippen LogP contribution in [0.4, 0.5) is 0 Å². The van der Waals surface area contributed by atoms with Crippen LogP contribution in [-0.4, -0.2) is 30.5 Å². The Morgan fingerprint density at radius 1 is 1.09 bits per heavy atom. The third-order valence-electron chi connectivity index (χ3n) is 4.44. The number of amides is 1. The van der Waals surface area contributed by atoms with E-state index in [4.69, 9.17) is 4.74 Å². The van der Waals surface area contributed by atoms with Crippen LogP contribution >= 0.6 is 0 Å². The zero-order chi connectivity index (χ0) is 15.5. The minimum absolute atomic E-state index is 0.105. The number of ether oxygens (including phenoxy) is 1. The highest BCUT2D eigenvalue weighted by molar-refractivity contribution is 5.94. The number of hydrogen-bond donors (Lipinski definition) is 0. The molecule has 1 aliphatic heterocycles. The standard InChI is InChI=1S/C19H21NO2/c1-14-12-17(15-6-4-3-5-7-15)13-20(14)19(21)16-8-10-18(22-2)11-9-16/h3-11,14,17H,12-13H2,1-2H3. The van der Waals surface area contributed by atoms with Gasteiger partial charge in [-0.15, -0.1) is 0 Å². The van der Waals surface area contributed by atoms with E-state index in [-0.39, 0.29) is 11.9 Å². The largest absolute Gasteiger partial charge is 0.497 e. The lowest BCUT2D eigenvalue weighted by molar-refractivity contribution is 0.0746. The zero-order valence-electron chi connectivity index (χ0n) is 13.0. The zero-order valence-corrected chi connectivity index (χ0v) is 13.0. The fourth-order valence-electron chi connectivity index (χ4n) is 3.18. The van der Waals surface area contributed by atoms with Crippen molar-refractivity contribution in [2.24, 2.45) is 0 Å². The van der Waals surface area contributed by atoms with Gasteiger partial charge in [-0.1, -0.05) is 30.3 Å². The van der Waals surface area contributed by atoms with Gasteiger partial charge in [0.05, 0.1) is 7.11 Å². The van der Waals surface area contributed by atoms with Crippen molar-refractivity contribution in [3.63, 3.8) is 0 Å². The van der Waals surface area contributed by atoms with Gasteiger partial charge in [0.2, 0.25) is 0 Å². The fraction of sp³-hybridized carbons (Fsp3) is 0.316. The van der Waals surface area contributed by atoms with E-state index in [1.54, 1.807) is 7.11 Å². The van der Waals surface area contributed by atoms with Crippen LogP contribution in [0.15, 0.2) is 54.6 Å². The first-order valence-electron chi connectivity index (χ1n) is 7.69. The third kappa shape index (κ3) is 2.84. The van der Waals surface area contributed by atoms with E-state index in [1.165, 1.54) is 5.56 Å². The van der Waals surface area contributed by atoms with Gasteiger partial charge >= 0.3 is 0 Å². The molecule has 0 aliphatic carbocycles. The van der Waals surface area contributed by atoms with Crippen molar-refractivity contribution in [2.45, 2.75) is 25.3 Å². The molecular formula is C19H21NO2. The first-order valence-corrected chi connectivity index (χ1v) is 7.69. The van der Waals surface area contributed by atoms with E-state index in [9.17, 15) is 4.79 Å². The van der Waals surface area contributed by atoms with E-state index in [1.807, 2.05) is 35.2 Å². The molecule has 1 saturated heterocycles. The topological polar surface area (TPSA) is 29.5 Å². The number of hydrogen-bond acceptors (Lipinski definition) is 2. The van der Waals surface area contributed by atoms with Crippen molar-refractivity contribution >= 4 is 5.91 Å². The van der Waals surface area contributed by atoms with Gasteiger partial charge in [0, 0.05) is 24.1 Å². The van der Waals surface area contributed by atoms with E-state index < -0.39 is 0 Å². The van der Waals surface area contributed by atoms with E-state index in [2.05, 4.69) is 31.2 Å². The minimum atomic E-state index is 0.105. The first-order chi connectivity index (χ1) is 10.7. The summed E-state index contributed by atoms with van der Waals surface area (Å²) in [6.07, 6.45) is 1.02. The van der Waals surface area contributed by atoms with Gasteiger partial charge in [-0.3, -0.25) is 4.79 Å². The molecule has 0 radical (unpaired) electrons. The van der Waals surface area contributed by atoms with E-state index >= 15 is 0 Å². The highest BCUT2D eigenvalue weighted by Gasteiger charge is 2.33. The van der Waals surface area contributed by atoms with Crippen LogP contribution in [0.5, 0.6) is 5.75 Å². The van der Waals surface area contributed by atoms with Crippen molar-refractivity contribution in [3.05, 3.63) is 65.7 Å². The van der Waals surface area contributed by atoms with Crippen molar-refractivity contribution < 1.29 is 9.53 Å². The van der Waals surface area contributed by atoms with Gasteiger partial charge < -0.3 is 9.64 Å². The number of carbonyl (C=O) groups excluding carboxylic acids is 1. The molecule has 1 amide bonds. The summed E-state index contributed by atoms with van der Waals surface area (Å²) in [7, 11) is 1.63. The van der Waals surface area contributed by atoms with Gasteiger partial charge in [0.25, 0.3) is 5.91 Å². The summed E-state index contributed by atoms with van der Waals surface area (Å²) >= 11 is 0. The molecule has 0 saturated carbocycles. The third-order valence-corrected chi connectivity index (χ3v) is 4.44. The van der Waals surface area contributed by atoms with Crippen LogP contribution in [0.2, 0.25) is 0 Å². The molecule has 1 aliphatic rings. The van der Waals surface area contributed by atoms with Gasteiger partial charge in [0.1, 0.15) is 5.75 Å². The molecule has 114 valence electrons. The summed E-state index contributed by atoms with van der Waals surface area (Å²) in [6, 6.07) is 18.1. The van der Waals surface area contributed by atoms with Gasteiger partial charge in [-0.25, -0.2) is 0 Å². The fourth-order valence-corrected chi connectivity index (χ4v) is 3.18. The van der Waals surface area contributed by atoms with Crippen molar-refractivity contribution in [2.75, 3.05) is 13.7 Å². The van der Waals surface area contributed by atoms with Gasteiger partial charge in [-0.05, 0) is 43.2 Å². The number of rotatable bonds is 3. The van der Waals surface area contributed by atoms with E-state index in [0.29, 0.717) is 5.92 Å². The molecule has 0 N–H and O–H groups in total. The summed E-state index contributed by atoms with van der Waals surface area (Å²) in [4.78, 5) is 14.7. The molecule has 3 rings (SSSR count). The number of carbonyl (C=O) groups is 1. The van der Waals surface area contributed by atoms with Crippen molar-refractivity contribution in [1.29, 1.82) is 0 Å². The summed E-state index contributed by atoms with van der Waals surface area (Å²) in [5.74, 6) is 1.31. The molecule has 2 aromatic carbocycles. The minimum Gasteiger partial charge on any atom is -0.497 e. The smallest absolute Gasteiger partial charge is 0.254 e. The number of likely N-dealkylation sites (tertiary alicyclic amines) is 1. The number of nitrogens with zero attached hydrogens (tertiary/aromatic N) is 1. The highest BCUT2D eigenvalue weighted by atomic mass is 16.5. The quantitative estimate of drug-likeness (QED) is 0.864. The SMILES string of the molecule is COc1ccc(C(=O)N2CC(c3ccccc3)CC2C)cc1. The monoisotopic (exact) mass is 295 g/mol.